The van der Waals surface area contributed by atoms with Crippen molar-refractivity contribution >= 4 is 0 Å². The maximum absolute atomic E-state index is 10.2. The maximum Gasteiger partial charge on any atom is 0.176 e. The molecular formula is C54H74O5. The lowest BCUT2D eigenvalue weighted by molar-refractivity contribution is -0.0706. The molecule has 0 amide bonds. The van der Waals surface area contributed by atoms with Crippen molar-refractivity contribution in [1.29, 1.82) is 0 Å². The highest BCUT2D eigenvalue weighted by Gasteiger charge is 2.28. The Labute approximate surface area is 356 Å². The van der Waals surface area contributed by atoms with Crippen LogP contribution in [0, 0.1) is 11.3 Å². The second-order valence-electron chi connectivity index (χ2n) is 17.4. The zero-order chi connectivity index (χ0) is 42.2. The molecule has 5 rings (SSSR count). The smallest absolute Gasteiger partial charge is 0.176 e. The van der Waals surface area contributed by atoms with E-state index in [0.29, 0.717) is 37.5 Å². The maximum atomic E-state index is 10.2. The fourth-order valence-corrected chi connectivity index (χ4v) is 9.02. The number of aliphatic hydroxyl groups excluding tert-OH is 3. The summed E-state index contributed by atoms with van der Waals surface area (Å²) < 4.78 is 12.1. The van der Waals surface area contributed by atoms with Gasteiger partial charge in [0.25, 0.3) is 0 Å². The number of ether oxygens (including phenoxy) is 2. The van der Waals surface area contributed by atoms with Gasteiger partial charge in [-0.15, -0.1) is 0 Å². The van der Waals surface area contributed by atoms with E-state index in [0.717, 1.165) is 54.9 Å². The Morgan fingerprint density at radius 1 is 0.678 bits per heavy atom. The standard InChI is InChI=1S/C54H74O5/c1-7-11-13-14-40-15-17-43(18-16-40)44-19-21-45(22-20-44)50-26-23-46(34-41(50)9-3)47-24-27-51(42(10-4)35-47)48-25-28-52(49(36-48)29-32-59-53(57)39(5)6)58-33-31-54(37-55,38-56)30-12-8-2/h19-28,34-36,40,43,53,55-57H,5,7-18,29-33,37-38H2,1-4,6H3. The predicted molar refractivity (Wildman–Crippen MR) is 247 cm³/mol. The van der Waals surface area contributed by atoms with Crippen molar-refractivity contribution in [1.82, 2.24) is 0 Å². The minimum atomic E-state index is -1.02. The molecule has 5 nitrogen and oxygen atoms in total. The van der Waals surface area contributed by atoms with Gasteiger partial charge in [-0.2, -0.15) is 0 Å². The largest absolute Gasteiger partial charge is 0.493 e. The molecule has 1 unspecified atom stereocenters. The van der Waals surface area contributed by atoms with Crippen LogP contribution >= 0.6 is 0 Å². The molecule has 0 aliphatic heterocycles. The van der Waals surface area contributed by atoms with Gasteiger partial charge < -0.3 is 24.8 Å². The first-order chi connectivity index (χ1) is 28.7. The van der Waals surface area contributed by atoms with Gasteiger partial charge in [0.05, 0.1) is 26.4 Å². The number of hydrogen-bond acceptors (Lipinski definition) is 5. The minimum absolute atomic E-state index is 0.0706. The van der Waals surface area contributed by atoms with Crippen LogP contribution < -0.4 is 4.74 Å². The number of benzene rings is 4. The second-order valence-corrected chi connectivity index (χ2v) is 17.4. The summed E-state index contributed by atoms with van der Waals surface area (Å²) in [5, 5.41) is 30.6. The van der Waals surface area contributed by atoms with Crippen molar-refractivity contribution in [2.45, 2.75) is 143 Å². The van der Waals surface area contributed by atoms with E-state index in [9.17, 15) is 15.3 Å². The average Bonchev–Trinajstić information content (AvgIpc) is 3.28. The quantitative estimate of drug-likeness (QED) is 0.0374. The number of aryl methyl sites for hydroxylation is 2. The molecule has 0 heterocycles. The summed E-state index contributed by atoms with van der Waals surface area (Å²) in [4.78, 5) is 0. The van der Waals surface area contributed by atoms with E-state index in [-0.39, 0.29) is 13.2 Å². The SMILES string of the molecule is C=C(C)C(O)OCCc1cc(-c2ccc(-c3ccc(-c4ccc(C5CCC(CCCCC)CC5)cc4)c(CC)c3)cc2CC)ccc1OCCC(CO)(CO)CCCC. The molecule has 1 fully saturated rings. The molecule has 0 aromatic heterocycles. The van der Waals surface area contributed by atoms with Crippen LogP contribution in [0.4, 0.5) is 0 Å². The molecule has 320 valence electrons. The summed E-state index contributed by atoms with van der Waals surface area (Å²) >= 11 is 0. The van der Waals surface area contributed by atoms with E-state index in [2.05, 4.69) is 107 Å². The van der Waals surface area contributed by atoms with Crippen molar-refractivity contribution in [3.05, 3.63) is 113 Å². The third-order valence-electron chi connectivity index (χ3n) is 13.1. The fraction of sp³-hybridized carbons (Fsp3) is 0.519. The highest BCUT2D eigenvalue weighted by atomic mass is 16.6. The van der Waals surface area contributed by atoms with E-state index >= 15 is 0 Å². The minimum Gasteiger partial charge on any atom is -0.493 e. The van der Waals surface area contributed by atoms with Crippen molar-refractivity contribution in [2.75, 3.05) is 26.4 Å². The van der Waals surface area contributed by atoms with E-state index in [1.54, 1.807) is 6.92 Å². The third-order valence-corrected chi connectivity index (χ3v) is 13.1. The Morgan fingerprint density at radius 2 is 1.25 bits per heavy atom. The lowest BCUT2D eigenvalue weighted by Gasteiger charge is -2.30. The topological polar surface area (TPSA) is 79.2 Å². The van der Waals surface area contributed by atoms with Crippen LogP contribution in [-0.2, 0) is 24.0 Å². The van der Waals surface area contributed by atoms with Crippen molar-refractivity contribution in [2.24, 2.45) is 11.3 Å². The average molecular weight is 803 g/mol. The van der Waals surface area contributed by atoms with Crippen LogP contribution in [0.25, 0.3) is 33.4 Å². The zero-order valence-corrected chi connectivity index (χ0v) is 37.0. The lowest BCUT2D eigenvalue weighted by atomic mass is 9.77. The van der Waals surface area contributed by atoms with Crippen LogP contribution in [0.5, 0.6) is 5.75 Å². The van der Waals surface area contributed by atoms with Crippen LogP contribution in [0.15, 0.2) is 91.0 Å². The number of aliphatic hydroxyl groups is 3. The highest BCUT2D eigenvalue weighted by Crippen LogP contribution is 2.40. The molecule has 0 bridgehead atoms. The van der Waals surface area contributed by atoms with Gasteiger partial charge in [-0.25, -0.2) is 0 Å². The van der Waals surface area contributed by atoms with Crippen LogP contribution in [0.1, 0.15) is 140 Å². The normalized spacial score (nSPS) is 16.3. The molecule has 4 aromatic rings. The molecule has 0 saturated heterocycles. The van der Waals surface area contributed by atoms with Crippen molar-refractivity contribution in [3.8, 4) is 39.1 Å². The Bertz CT molecular complexity index is 1880. The van der Waals surface area contributed by atoms with Crippen molar-refractivity contribution < 1.29 is 24.8 Å². The Balaban J connectivity index is 1.33. The summed E-state index contributed by atoms with van der Waals surface area (Å²) in [6, 6.07) is 29.6. The monoisotopic (exact) mass is 803 g/mol. The first kappa shape index (κ1) is 46.3. The van der Waals surface area contributed by atoms with E-state index in [1.165, 1.54) is 95.9 Å². The molecule has 5 heteroatoms. The zero-order valence-electron chi connectivity index (χ0n) is 37.0. The molecule has 1 aliphatic rings. The lowest BCUT2D eigenvalue weighted by Crippen LogP contribution is -2.32. The predicted octanol–water partition coefficient (Wildman–Crippen LogP) is 13.1. The first-order valence-electron chi connectivity index (χ1n) is 23.0. The molecule has 1 atom stereocenters. The molecule has 4 aromatic carbocycles. The second kappa shape index (κ2) is 23.3. The fourth-order valence-electron chi connectivity index (χ4n) is 9.02. The van der Waals surface area contributed by atoms with Gasteiger partial charge >= 0.3 is 0 Å². The first-order valence-corrected chi connectivity index (χ1v) is 23.0. The van der Waals surface area contributed by atoms with E-state index in [1.807, 2.05) is 6.07 Å². The van der Waals surface area contributed by atoms with Gasteiger partial charge in [0, 0.05) is 5.41 Å². The van der Waals surface area contributed by atoms with Crippen LogP contribution in [-0.4, -0.2) is 48.0 Å². The van der Waals surface area contributed by atoms with E-state index in [4.69, 9.17) is 9.47 Å². The molecule has 1 saturated carbocycles. The summed E-state index contributed by atoms with van der Waals surface area (Å²) in [5.74, 6) is 2.39. The summed E-state index contributed by atoms with van der Waals surface area (Å²) in [5.41, 5.74) is 12.5. The van der Waals surface area contributed by atoms with Crippen LogP contribution in [0.3, 0.4) is 0 Å². The van der Waals surface area contributed by atoms with Gasteiger partial charge in [-0.1, -0.05) is 140 Å². The molecule has 1 aliphatic carbocycles. The molecule has 0 spiro atoms. The van der Waals surface area contributed by atoms with E-state index < -0.39 is 11.7 Å². The van der Waals surface area contributed by atoms with Crippen LogP contribution in [0.2, 0.25) is 0 Å². The molecular weight excluding hydrogens is 729 g/mol. The summed E-state index contributed by atoms with van der Waals surface area (Å²) in [6.45, 7) is 15.0. The number of hydrogen-bond donors (Lipinski definition) is 3. The molecule has 0 radical (unpaired) electrons. The number of rotatable bonds is 24. The molecule has 3 N–H and O–H groups in total. The number of unbranched alkanes of at least 4 members (excludes halogenated alkanes) is 3. The van der Waals surface area contributed by atoms with Gasteiger partial charge in [-0.05, 0) is 150 Å². The van der Waals surface area contributed by atoms with Gasteiger partial charge in [-0.3, -0.25) is 0 Å². The Morgan fingerprint density at radius 3 is 1.83 bits per heavy atom. The van der Waals surface area contributed by atoms with Gasteiger partial charge in [0.1, 0.15) is 5.75 Å². The third kappa shape index (κ3) is 12.6. The molecule has 59 heavy (non-hydrogen) atoms. The Kier molecular flexibility index (Phi) is 18.3. The summed E-state index contributed by atoms with van der Waals surface area (Å²) in [6.07, 6.45) is 15.6. The van der Waals surface area contributed by atoms with Gasteiger partial charge in [0.15, 0.2) is 6.29 Å². The van der Waals surface area contributed by atoms with Crippen molar-refractivity contribution in [3.63, 3.8) is 0 Å². The van der Waals surface area contributed by atoms with Gasteiger partial charge in [0.2, 0.25) is 0 Å². The summed E-state index contributed by atoms with van der Waals surface area (Å²) in [7, 11) is 0. The Hall–Kier alpha value is -3.74. The highest BCUT2D eigenvalue weighted by molar-refractivity contribution is 5.78.